The first-order valence-electron chi connectivity index (χ1n) is 9.30. The van der Waals surface area contributed by atoms with Crippen LogP contribution in [0.2, 0.25) is 5.02 Å². The van der Waals surface area contributed by atoms with E-state index >= 15 is 0 Å². The number of piperazine rings is 1. The maximum atomic E-state index is 12.9. The number of benzene rings is 2. The van der Waals surface area contributed by atoms with Crippen LogP contribution in [0.3, 0.4) is 0 Å². The Bertz CT molecular complexity index is 760. The molecule has 1 amide bonds. The van der Waals surface area contributed by atoms with Gasteiger partial charge in [-0.3, -0.25) is 9.69 Å². The van der Waals surface area contributed by atoms with Gasteiger partial charge in [0.05, 0.1) is 16.8 Å². The monoisotopic (exact) mass is 389 g/mol. The van der Waals surface area contributed by atoms with Crippen molar-refractivity contribution < 1.29 is 9.18 Å². The van der Waals surface area contributed by atoms with Crippen LogP contribution < -0.4 is 10.2 Å². The third-order valence-electron chi connectivity index (χ3n) is 5.06. The Hall–Kier alpha value is -2.11. The molecule has 0 saturated carbocycles. The lowest BCUT2D eigenvalue weighted by molar-refractivity contribution is -0.125. The predicted octanol–water partition coefficient (Wildman–Crippen LogP) is 3.35. The van der Waals surface area contributed by atoms with Gasteiger partial charge in [-0.2, -0.15) is 0 Å². The van der Waals surface area contributed by atoms with Crippen molar-refractivity contribution in [3.63, 3.8) is 0 Å². The van der Waals surface area contributed by atoms with E-state index < -0.39 is 0 Å². The van der Waals surface area contributed by atoms with Gasteiger partial charge in [0, 0.05) is 32.7 Å². The second kappa shape index (κ2) is 9.20. The van der Waals surface area contributed by atoms with Crippen LogP contribution in [-0.2, 0) is 11.2 Å². The molecule has 2 aromatic rings. The number of nitrogens with one attached hydrogen (secondary N) is 1. The van der Waals surface area contributed by atoms with Crippen molar-refractivity contribution in [2.75, 3.05) is 37.6 Å². The van der Waals surface area contributed by atoms with Gasteiger partial charge in [0.25, 0.3) is 0 Å². The molecule has 1 atom stereocenters. The second-order valence-corrected chi connectivity index (χ2v) is 7.23. The molecular formula is C21H25ClFN3O. The number of carbonyl (C=O) groups is 1. The fourth-order valence-electron chi connectivity index (χ4n) is 3.35. The molecule has 0 spiro atoms. The van der Waals surface area contributed by atoms with Crippen molar-refractivity contribution in [3.05, 3.63) is 64.9 Å². The zero-order chi connectivity index (χ0) is 19.2. The van der Waals surface area contributed by atoms with Crippen molar-refractivity contribution in [2.45, 2.75) is 19.4 Å². The van der Waals surface area contributed by atoms with Crippen LogP contribution >= 0.6 is 11.6 Å². The molecule has 1 aliphatic heterocycles. The Morgan fingerprint density at radius 3 is 2.44 bits per heavy atom. The molecule has 27 heavy (non-hydrogen) atoms. The van der Waals surface area contributed by atoms with Gasteiger partial charge >= 0.3 is 0 Å². The summed E-state index contributed by atoms with van der Waals surface area (Å²) in [6.07, 6.45) is 0.693. The summed E-state index contributed by atoms with van der Waals surface area (Å²) in [6, 6.07) is 14.1. The van der Waals surface area contributed by atoms with Crippen molar-refractivity contribution in [3.8, 4) is 0 Å². The van der Waals surface area contributed by atoms with Crippen molar-refractivity contribution in [1.29, 1.82) is 0 Å². The number of amides is 1. The highest BCUT2D eigenvalue weighted by molar-refractivity contribution is 6.33. The van der Waals surface area contributed by atoms with Gasteiger partial charge in [0.15, 0.2) is 0 Å². The lowest BCUT2D eigenvalue weighted by Gasteiger charge is -2.38. The molecule has 1 heterocycles. The largest absolute Gasteiger partial charge is 0.368 e. The van der Waals surface area contributed by atoms with Crippen molar-refractivity contribution in [2.24, 2.45) is 0 Å². The minimum absolute atomic E-state index is 0.0308. The minimum Gasteiger partial charge on any atom is -0.368 e. The quantitative estimate of drug-likeness (QED) is 0.823. The molecule has 0 aromatic heterocycles. The average molecular weight is 390 g/mol. The SMILES string of the molecule is CC(C(=O)NCCc1ccc(F)cc1)N1CCN(c2ccccc2Cl)CC1. The number of hydrogen-bond acceptors (Lipinski definition) is 3. The molecule has 6 heteroatoms. The predicted molar refractivity (Wildman–Crippen MR) is 108 cm³/mol. The molecule has 1 unspecified atom stereocenters. The summed E-state index contributed by atoms with van der Waals surface area (Å²) in [5, 5.41) is 3.75. The molecule has 1 saturated heterocycles. The normalized spacial score (nSPS) is 16.2. The molecule has 1 aliphatic rings. The van der Waals surface area contributed by atoms with Crippen LogP contribution in [0.4, 0.5) is 10.1 Å². The first-order chi connectivity index (χ1) is 13.0. The summed E-state index contributed by atoms with van der Waals surface area (Å²) >= 11 is 6.28. The highest BCUT2D eigenvalue weighted by Crippen LogP contribution is 2.26. The van der Waals surface area contributed by atoms with Gasteiger partial charge in [-0.05, 0) is 43.2 Å². The number of carbonyl (C=O) groups excluding carboxylic acids is 1. The Morgan fingerprint density at radius 2 is 1.78 bits per heavy atom. The Morgan fingerprint density at radius 1 is 1.11 bits per heavy atom. The van der Waals surface area contributed by atoms with E-state index in [4.69, 9.17) is 11.6 Å². The third-order valence-corrected chi connectivity index (χ3v) is 5.38. The van der Waals surface area contributed by atoms with E-state index in [1.165, 1.54) is 12.1 Å². The number of para-hydroxylation sites is 1. The maximum Gasteiger partial charge on any atom is 0.237 e. The van der Waals surface area contributed by atoms with Crippen LogP contribution in [-0.4, -0.2) is 49.6 Å². The smallest absolute Gasteiger partial charge is 0.237 e. The van der Waals surface area contributed by atoms with E-state index in [0.29, 0.717) is 13.0 Å². The first-order valence-corrected chi connectivity index (χ1v) is 9.68. The molecular weight excluding hydrogens is 365 g/mol. The van der Waals surface area contributed by atoms with Gasteiger partial charge < -0.3 is 10.2 Å². The standard InChI is InChI=1S/C21H25ClFN3O/c1-16(21(27)24-11-10-17-6-8-18(23)9-7-17)25-12-14-26(15-13-25)20-5-3-2-4-19(20)22/h2-9,16H,10-15H2,1H3,(H,24,27). The van der Waals surface area contributed by atoms with E-state index in [2.05, 4.69) is 15.1 Å². The molecule has 1 N–H and O–H groups in total. The third kappa shape index (κ3) is 5.21. The summed E-state index contributed by atoms with van der Waals surface area (Å²) in [6.45, 7) is 5.82. The number of anilines is 1. The zero-order valence-electron chi connectivity index (χ0n) is 15.5. The zero-order valence-corrected chi connectivity index (χ0v) is 16.3. The molecule has 0 radical (unpaired) electrons. The second-order valence-electron chi connectivity index (χ2n) is 6.82. The van der Waals surface area contributed by atoms with E-state index in [-0.39, 0.29) is 17.8 Å². The van der Waals surface area contributed by atoms with Crippen LogP contribution in [0.1, 0.15) is 12.5 Å². The lowest BCUT2D eigenvalue weighted by Crippen LogP contribution is -2.54. The summed E-state index contributed by atoms with van der Waals surface area (Å²) in [5.74, 6) is -0.212. The highest BCUT2D eigenvalue weighted by atomic mass is 35.5. The first kappa shape index (κ1) is 19.6. The summed E-state index contributed by atoms with van der Waals surface area (Å²) in [7, 11) is 0. The number of halogens is 2. The van der Waals surface area contributed by atoms with Crippen molar-refractivity contribution in [1.82, 2.24) is 10.2 Å². The van der Waals surface area contributed by atoms with E-state index in [9.17, 15) is 9.18 Å². The fraction of sp³-hybridized carbons (Fsp3) is 0.381. The number of nitrogens with zero attached hydrogens (tertiary/aromatic N) is 2. The van der Waals surface area contributed by atoms with Crippen LogP contribution in [0.25, 0.3) is 0 Å². The maximum absolute atomic E-state index is 12.9. The Kier molecular flexibility index (Phi) is 6.69. The van der Waals surface area contributed by atoms with Gasteiger partial charge in [-0.25, -0.2) is 4.39 Å². The molecule has 3 rings (SSSR count). The van der Waals surface area contributed by atoms with Crippen molar-refractivity contribution >= 4 is 23.2 Å². The molecule has 0 bridgehead atoms. The van der Waals surface area contributed by atoms with Gasteiger partial charge in [-0.1, -0.05) is 35.9 Å². The van der Waals surface area contributed by atoms with E-state index in [1.807, 2.05) is 31.2 Å². The Balaban J connectivity index is 1.44. The molecule has 0 aliphatic carbocycles. The van der Waals surface area contributed by atoms with E-state index in [1.54, 1.807) is 12.1 Å². The average Bonchev–Trinajstić information content (AvgIpc) is 2.69. The minimum atomic E-state index is -0.243. The van der Waals surface area contributed by atoms with Gasteiger partial charge in [0.1, 0.15) is 5.82 Å². The molecule has 144 valence electrons. The van der Waals surface area contributed by atoms with Gasteiger partial charge in [0.2, 0.25) is 5.91 Å². The summed E-state index contributed by atoms with van der Waals surface area (Å²) in [5.41, 5.74) is 2.06. The van der Waals surface area contributed by atoms with Crippen LogP contribution in [0, 0.1) is 5.82 Å². The topological polar surface area (TPSA) is 35.6 Å². The molecule has 2 aromatic carbocycles. The highest BCUT2D eigenvalue weighted by Gasteiger charge is 2.26. The van der Waals surface area contributed by atoms with E-state index in [0.717, 1.165) is 42.5 Å². The van der Waals surface area contributed by atoms with Crippen LogP contribution in [0.5, 0.6) is 0 Å². The lowest BCUT2D eigenvalue weighted by atomic mass is 10.1. The Labute approximate surface area is 164 Å². The fourth-order valence-corrected chi connectivity index (χ4v) is 3.61. The number of hydrogen-bond donors (Lipinski definition) is 1. The molecule has 1 fully saturated rings. The summed E-state index contributed by atoms with van der Waals surface area (Å²) < 4.78 is 12.9. The van der Waals surface area contributed by atoms with Gasteiger partial charge in [-0.15, -0.1) is 0 Å². The van der Waals surface area contributed by atoms with Crippen LogP contribution in [0.15, 0.2) is 48.5 Å². The summed E-state index contributed by atoms with van der Waals surface area (Å²) in [4.78, 5) is 16.9. The molecule has 4 nitrogen and oxygen atoms in total. The number of rotatable bonds is 6.